The Balaban J connectivity index is 1.49. The Kier molecular flexibility index (Phi) is 8.26. The van der Waals surface area contributed by atoms with Crippen LogP contribution in [0.25, 0.3) is 0 Å². The normalized spacial score (nSPS) is 15.4. The molecule has 4 heteroatoms. The van der Waals surface area contributed by atoms with Crippen molar-refractivity contribution in [3.8, 4) is 5.75 Å². The zero-order chi connectivity index (χ0) is 20.5. The summed E-state index contributed by atoms with van der Waals surface area (Å²) in [6.45, 7) is 8.56. The van der Waals surface area contributed by atoms with Gasteiger partial charge in [0.25, 0.3) is 0 Å². The van der Waals surface area contributed by atoms with Crippen molar-refractivity contribution >= 4 is 5.78 Å². The molecule has 0 aliphatic carbocycles. The van der Waals surface area contributed by atoms with Crippen molar-refractivity contribution in [1.29, 1.82) is 0 Å². The summed E-state index contributed by atoms with van der Waals surface area (Å²) in [4.78, 5) is 17.8. The van der Waals surface area contributed by atoms with Gasteiger partial charge in [0.2, 0.25) is 0 Å². The Morgan fingerprint density at radius 1 is 0.966 bits per heavy atom. The van der Waals surface area contributed by atoms with Crippen LogP contribution in [0.15, 0.2) is 48.5 Å². The molecule has 3 rings (SSSR count). The van der Waals surface area contributed by atoms with Gasteiger partial charge in [0.15, 0.2) is 5.78 Å². The predicted octanol–water partition coefficient (Wildman–Crippen LogP) is 4.28. The highest BCUT2D eigenvalue weighted by molar-refractivity contribution is 6.09. The van der Waals surface area contributed by atoms with Gasteiger partial charge < -0.3 is 14.5 Å². The van der Waals surface area contributed by atoms with E-state index in [-0.39, 0.29) is 5.78 Å². The van der Waals surface area contributed by atoms with E-state index in [1.807, 2.05) is 42.5 Å². The number of unbranched alkanes of at least 4 members (excludes halogenated alkanes) is 1. The highest BCUT2D eigenvalue weighted by Crippen LogP contribution is 2.19. The summed E-state index contributed by atoms with van der Waals surface area (Å²) >= 11 is 0. The van der Waals surface area contributed by atoms with Crippen LogP contribution in [0, 0.1) is 0 Å². The second-order valence-corrected chi connectivity index (χ2v) is 7.96. The maximum absolute atomic E-state index is 13.0. The first kappa shape index (κ1) is 21.5. The van der Waals surface area contributed by atoms with Gasteiger partial charge in [-0.3, -0.25) is 4.79 Å². The second-order valence-electron chi connectivity index (χ2n) is 7.96. The smallest absolute Gasteiger partial charge is 0.193 e. The van der Waals surface area contributed by atoms with Crippen molar-refractivity contribution in [1.82, 2.24) is 9.80 Å². The summed E-state index contributed by atoms with van der Waals surface area (Å²) in [5.74, 6) is 0.928. The van der Waals surface area contributed by atoms with Crippen molar-refractivity contribution < 1.29 is 9.53 Å². The van der Waals surface area contributed by atoms with E-state index >= 15 is 0 Å². The molecule has 29 heavy (non-hydrogen) atoms. The van der Waals surface area contributed by atoms with Gasteiger partial charge in [-0.15, -0.1) is 0 Å². The molecule has 0 unspecified atom stereocenters. The number of nitrogens with zero attached hydrogens (tertiary/aromatic N) is 2. The fourth-order valence-electron chi connectivity index (χ4n) is 3.73. The molecule has 0 aromatic heterocycles. The highest BCUT2D eigenvalue weighted by atomic mass is 16.5. The number of ketones is 1. The van der Waals surface area contributed by atoms with Crippen LogP contribution in [-0.2, 0) is 6.42 Å². The largest absolute Gasteiger partial charge is 0.494 e. The van der Waals surface area contributed by atoms with Crippen LogP contribution >= 0.6 is 0 Å². The van der Waals surface area contributed by atoms with Gasteiger partial charge in [-0.2, -0.15) is 0 Å². The molecule has 1 saturated heterocycles. The van der Waals surface area contributed by atoms with Gasteiger partial charge in [0.05, 0.1) is 6.61 Å². The van der Waals surface area contributed by atoms with E-state index < -0.39 is 0 Å². The number of aryl methyl sites for hydroxylation is 1. The first-order chi connectivity index (χ1) is 14.2. The lowest BCUT2D eigenvalue weighted by atomic mass is 9.95. The zero-order valence-corrected chi connectivity index (χ0v) is 17.9. The quantitative estimate of drug-likeness (QED) is 0.445. The minimum atomic E-state index is 0.0957. The number of hydrogen-bond donors (Lipinski definition) is 0. The van der Waals surface area contributed by atoms with Crippen LogP contribution in [0.2, 0.25) is 0 Å². The summed E-state index contributed by atoms with van der Waals surface area (Å²) in [6.07, 6.45) is 4.21. The molecule has 0 bridgehead atoms. The molecule has 0 N–H and O–H groups in total. The molecule has 4 nitrogen and oxygen atoms in total. The Bertz CT molecular complexity index is 765. The lowest BCUT2D eigenvalue weighted by Crippen LogP contribution is -2.44. The minimum absolute atomic E-state index is 0.0957. The second kappa shape index (κ2) is 11.1. The van der Waals surface area contributed by atoms with Crippen LogP contribution in [-0.4, -0.2) is 62.0 Å². The summed E-state index contributed by atoms with van der Waals surface area (Å²) < 4.78 is 5.89. The van der Waals surface area contributed by atoms with Gasteiger partial charge in [-0.05, 0) is 56.1 Å². The lowest BCUT2D eigenvalue weighted by molar-refractivity contribution is 0.103. The number of likely N-dealkylation sites (N-methyl/N-ethyl adjacent to an activating group) is 1. The number of carbonyl (C=O) groups is 1. The van der Waals surface area contributed by atoms with Crippen molar-refractivity contribution in [2.45, 2.75) is 32.6 Å². The van der Waals surface area contributed by atoms with Gasteiger partial charge >= 0.3 is 0 Å². The number of hydrogen-bond acceptors (Lipinski definition) is 4. The third-order valence-corrected chi connectivity index (χ3v) is 5.66. The molecule has 0 saturated carbocycles. The van der Waals surface area contributed by atoms with Crippen LogP contribution in [0.3, 0.4) is 0 Å². The predicted molar refractivity (Wildman–Crippen MR) is 119 cm³/mol. The number of ether oxygens (including phenoxy) is 1. The third-order valence-electron chi connectivity index (χ3n) is 5.66. The maximum atomic E-state index is 13.0. The van der Waals surface area contributed by atoms with Crippen molar-refractivity contribution in [3.05, 3.63) is 65.2 Å². The van der Waals surface area contributed by atoms with E-state index in [2.05, 4.69) is 29.8 Å². The highest BCUT2D eigenvalue weighted by Gasteiger charge is 2.14. The maximum Gasteiger partial charge on any atom is 0.193 e. The summed E-state index contributed by atoms with van der Waals surface area (Å²) in [5, 5.41) is 0. The molecule has 2 aromatic rings. The molecular formula is C25H34N2O2. The van der Waals surface area contributed by atoms with Gasteiger partial charge in [-0.25, -0.2) is 0 Å². The Hall–Kier alpha value is -2.17. The Morgan fingerprint density at radius 3 is 2.41 bits per heavy atom. The first-order valence-electron chi connectivity index (χ1n) is 10.9. The number of piperazine rings is 1. The first-order valence-corrected chi connectivity index (χ1v) is 10.9. The minimum Gasteiger partial charge on any atom is -0.494 e. The topological polar surface area (TPSA) is 32.8 Å². The molecule has 1 fully saturated rings. The van der Waals surface area contributed by atoms with Crippen LogP contribution < -0.4 is 4.74 Å². The lowest BCUT2D eigenvalue weighted by Gasteiger charge is -2.32. The zero-order valence-electron chi connectivity index (χ0n) is 17.9. The summed E-state index contributed by atoms with van der Waals surface area (Å²) in [7, 11) is 2.18. The molecule has 1 aliphatic heterocycles. The number of rotatable bonds is 10. The van der Waals surface area contributed by atoms with Crippen LogP contribution in [0.4, 0.5) is 0 Å². The molecule has 156 valence electrons. The average Bonchev–Trinajstić information content (AvgIpc) is 2.76. The van der Waals surface area contributed by atoms with Gasteiger partial charge in [0, 0.05) is 43.9 Å². The Labute approximate surface area is 175 Å². The average molecular weight is 395 g/mol. The van der Waals surface area contributed by atoms with Crippen LogP contribution in [0.5, 0.6) is 5.75 Å². The monoisotopic (exact) mass is 394 g/mol. The van der Waals surface area contributed by atoms with E-state index in [4.69, 9.17) is 4.74 Å². The fraction of sp³-hybridized carbons (Fsp3) is 0.480. The number of benzene rings is 2. The van der Waals surface area contributed by atoms with E-state index in [0.29, 0.717) is 6.61 Å². The van der Waals surface area contributed by atoms with Crippen LogP contribution in [0.1, 0.15) is 47.7 Å². The standard InChI is InChI=1S/C25H34N2O2/c1-3-4-8-21-9-5-6-10-24(21)25(28)22-11-13-23(14-12-22)29-20-7-15-27-18-16-26(2)17-19-27/h5-6,9-14H,3-4,7-8,15-20H2,1-2H3. The molecule has 0 amide bonds. The van der Waals surface area contributed by atoms with Crippen molar-refractivity contribution in [3.63, 3.8) is 0 Å². The summed E-state index contributed by atoms with van der Waals surface area (Å²) in [6, 6.07) is 15.6. The molecule has 2 aromatic carbocycles. The molecular weight excluding hydrogens is 360 g/mol. The molecule has 1 aliphatic rings. The molecule has 0 radical (unpaired) electrons. The van der Waals surface area contributed by atoms with E-state index in [0.717, 1.165) is 80.8 Å². The number of carbonyl (C=O) groups excluding carboxylic acids is 1. The molecule has 1 heterocycles. The van der Waals surface area contributed by atoms with E-state index in [1.54, 1.807) is 0 Å². The van der Waals surface area contributed by atoms with Crippen molar-refractivity contribution in [2.75, 3.05) is 46.4 Å². The SMILES string of the molecule is CCCCc1ccccc1C(=O)c1ccc(OCCCN2CCN(C)CC2)cc1. The van der Waals surface area contributed by atoms with Gasteiger partial charge in [-0.1, -0.05) is 37.6 Å². The summed E-state index contributed by atoms with van der Waals surface area (Å²) in [5.41, 5.74) is 2.68. The Morgan fingerprint density at radius 2 is 1.69 bits per heavy atom. The van der Waals surface area contributed by atoms with E-state index in [1.165, 1.54) is 0 Å². The van der Waals surface area contributed by atoms with E-state index in [9.17, 15) is 4.79 Å². The van der Waals surface area contributed by atoms with Crippen molar-refractivity contribution in [2.24, 2.45) is 0 Å². The third kappa shape index (κ3) is 6.41. The molecule has 0 atom stereocenters. The molecule has 0 spiro atoms. The fourth-order valence-corrected chi connectivity index (χ4v) is 3.73. The van der Waals surface area contributed by atoms with Gasteiger partial charge in [0.1, 0.15) is 5.75 Å².